The summed E-state index contributed by atoms with van der Waals surface area (Å²) >= 11 is 1.15. The van der Waals surface area contributed by atoms with Crippen LogP contribution in [0.2, 0.25) is 0 Å². The second-order valence-corrected chi connectivity index (χ2v) is 11.3. The fraction of sp³-hybridized carbons (Fsp3) is 0.464. The summed E-state index contributed by atoms with van der Waals surface area (Å²) < 4.78 is 0. The molecule has 3 heterocycles. The van der Waals surface area contributed by atoms with Gasteiger partial charge in [0.05, 0.1) is 6.04 Å². The van der Waals surface area contributed by atoms with Crippen LogP contribution >= 0.6 is 11.8 Å². The summed E-state index contributed by atoms with van der Waals surface area (Å²) in [5.41, 5.74) is 4.02. The number of amides is 3. The first kappa shape index (κ1) is 24.8. The van der Waals surface area contributed by atoms with E-state index in [4.69, 9.17) is 0 Å². The van der Waals surface area contributed by atoms with E-state index in [2.05, 4.69) is 15.5 Å². The lowest BCUT2D eigenvalue weighted by Crippen LogP contribution is -2.44. The minimum atomic E-state index is -0.472. The van der Waals surface area contributed by atoms with Crippen molar-refractivity contribution >= 4 is 28.8 Å². The number of aryl methyl sites for hydroxylation is 2. The van der Waals surface area contributed by atoms with Crippen molar-refractivity contribution in [1.82, 2.24) is 20.4 Å². The first-order chi connectivity index (χ1) is 17.4. The number of benzene rings is 2. The fourth-order valence-corrected chi connectivity index (χ4v) is 6.64. The molecule has 0 aromatic heterocycles. The Morgan fingerprint density at radius 2 is 1.67 bits per heavy atom. The molecule has 3 unspecified atom stereocenters. The van der Waals surface area contributed by atoms with Crippen LogP contribution in [0.25, 0.3) is 0 Å². The molecule has 8 heteroatoms. The fourth-order valence-electron chi connectivity index (χ4n) is 5.87. The van der Waals surface area contributed by atoms with Crippen LogP contribution in [0.5, 0.6) is 0 Å². The number of hydrogen-bond acceptors (Lipinski definition) is 5. The second-order valence-electron chi connectivity index (χ2n) is 10.3. The van der Waals surface area contributed by atoms with Gasteiger partial charge in [-0.1, -0.05) is 60.3 Å². The van der Waals surface area contributed by atoms with Gasteiger partial charge < -0.3 is 20.4 Å². The molecule has 0 spiro atoms. The van der Waals surface area contributed by atoms with Gasteiger partial charge in [-0.15, -0.1) is 0 Å². The number of likely N-dealkylation sites (tertiary alicyclic amines) is 2. The van der Waals surface area contributed by atoms with E-state index >= 15 is 0 Å². The van der Waals surface area contributed by atoms with Gasteiger partial charge in [0.15, 0.2) is 0 Å². The normalized spacial score (nSPS) is 24.4. The maximum Gasteiger partial charge on any atom is 0.279 e. The van der Waals surface area contributed by atoms with E-state index in [1.807, 2.05) is 67.3 Å². The van der Waals surface area contributed by atoms with Crippen molar-refractivity contribution in [2.24, 2.45) is 11.8 Å². The summed E-state index contributed by atoms with van der Waals surface area (Å²) in [4.78, 5) is 42.1. The molecule has 3 saturated heterocycles. The van der Waals surface area contributed by atoms with E-state index in [1.54, 1.807) is 0 Å². The number of fused-ring (bicyclic) bond motifs is 1. The summed E-state index contributed by atoms with van der Waals surface area (Å²) in [7, 11) is 0. The number of hydrogen-bond donors (Lipinski definition) is 2. The lowest BCUT2D eigenvalue weighted by Gasteiger charge is -2.26. The lowest BCUT2D eigenvalue weighted by atomic mass is 10.0. The smallest absolute Gasteiger partial charge is 0.279 e. The van der Waals surface area contributed by atoms with Gasteiger partial charge in [0.2, 0.25) is 5.91 Å². The Kier molecular flexibility index (Phi) is 7.34. The number of rotatable bonds is 7. The van der Waals surface area contributed by atoms with Crippen LogP contribution in [0, 0.1) is 25.7 Å². The zero-order valence-corrected chi connectivity index (χ0v) is 21.7. The average Bonchev–Trinajstić information content (AvgIpc) is 3.57. The third kappa shape index (κ3) is 5.30. The molecule has 3 fully saturated rings. The number of carbonyl (C=O) groups excluding carboxylic acids is 3. The molecule has 0 radical (unpaired) electrons. The Hall–Kier alpha value is -2.84. The maximum atomic E-state index is 13.2. The van der Waals surface area contributed by atoms with Crippen molar-refractivity contribution < 1.29 is 14.4 Å². The molecule has 2 aromatic rings. The molecule has 3 aliphatic rings. The van der Waals surface area contributed by atoms with Crippen molar-refractivity contribution in [3.8, 4) is 0 Å². The molecule has 190 valence electrons. The Balaban J connectivity index is 1.17. The summed E-state index contributed by atoms with van der Waals surface area (Å²) in [6, 6.07) is 15.5. The van der Waals surface area contributed by atoms with Crippen LogP contribution in [0.3, 0.4) is 0 Å². The Morgan fingerprint density at radius 3 is 2.28 bits per heavy atom. The van der Waals surface area contributed by atoms with Crippen LogP contribution < -0.4 is 10.6 Å². The van der Waals surface area contributed by atoms with Gasteiger partial charge in [-0.2, -0.15) is 0 Å². The summed E-state index contributed by atoms with van der Waals surface area (Å²) in [6.45, 7) is 8.49. The van der Waals surface area contributed by atoms with E-state index < -0.39 is 6.04 Å². The van der Waals surface area contributed by atoms with E-state index in [0.29, 0.717) is 17.6 Å². The minimum Gasteiger partial charge on any atom is -0.347 e. The summed E-state index contributed by atoms with van der Waals surface area (Å²) in [5, 5.41) is 5.77. The van der Waals surface area contributed by atoms with Gasteiger partial charge in [-0.3, -0.25) is 14.4 Å². The molecular weight excluding hydrogens is 472 g/mol. The second kappa shape index (κ2) is 10.6. The molecule has 3 amide bonds. The monoisotopic (exact) mass is 506 g/mol. The van der Waals surface area contributed by atoms with Crippen LogP contribution in [-0.2, 0) is 4.79 Å². The Labute approximate surface area is 217 Å². The number of thioether (sulfide) groups is 1. The number of nitrogens with one attached hydrogen (secondary N) is 2. The molecule has 4 atom stereocenters. The Morgan fingerprint density at radius 1 is 1.00 bits per heavy atom. The quantitative estimate of drug-likeness (QED) is 0.602. The maximum absolute atomic E-state index is 13.2. The largest absolute Gasteiger partial charge is 0.347 e. The molecule has 3 aliphatic heterocycles. The van der Waals surface area contributed by atoms with Crippen LogP contribution in [0.4, 0.5) is 4.79 Å². The van der Waals surface area contributed by atoms with Crippen molar-refractivity contribution in [2.75, 3.05) is 38.5 Å². The predicted octanol–water partition coefficient (Wildman–Crippen LogP) is 3.38. The molecule has 2 N–H and O–H groups in total. The van der Waals surface area contributed by atoms with E-state index in [0.717, 1.165) is 73.2 Å². The molecule has 0 aliphatic carbocycles. The van der Waals surface area contributed by atoms with E-state index in [-0.39, 0.29) is 23.1 Å². The van der Waals surface area contributed by atoms with Gasteiger partial charge in [0.1, 0.15) is 6.04 Å². The SMILES string of the molecule is Cc1cccc(C)c1C(=O)N1CC2CN(CC[C@H](NC(=O)C3CSC(=O)N3)c3ccccc3)CC2C1. The van der Waals surface area contributed by atoms with Crippen molar-refractivity contribution in [3.63, 3.8) is 0 Å². The molecule has 36 heavy (non-hydrogen) atoms. The molecule has 5 rings (SSSR count). The predicted molar refractivity (Wildman–Crippen MR) is 142 cm³/mol. The topological polar surface area (TPSA) is 81.8 Å². The number of carbonyl (C=O) groups is 3. The molecule has 2 aromatic carbocycles. The van der Waals surface area contributed by atoms with Crippen LogP contribution in [-0.4, -0.2) is 71.4 Å². The number of nitrogens with zero attached hydrogens (tertiary/aromatic N) is 2. The van der Waals surface area contributed by atoms with E-state index in [9.17, 15) is 14.4 Å². The minimum absolute atomic E-state index is 0.108. The standard InChI is InChI=1S/C28H34N4O3S/c1-18-7-6-8-19(2)25(18)27(34)32-15-21-13-31(14-22(21)16-32)12-11-23(20-9-4-3-5-10-20)29-26(33)24-17-36-28(35)30-24/h3-10,21-24H,11-17H2,1-2H3,(H,29,33)(H,30,35)/t21?,22?,23-,24?/m0/s1. The van der Waals surface area contributed by atoms with Gasteiger partial charge in [-0.05, 0) is 48.8 Å². The molecule has 0 bridgehead atoms. The average molecular weight is 507 g/mol. The zero-order valence-electron chi connectivity index (χ0n) is 20.9. The van der Waals surface area contributed by atoms with Gasteiger partial charge in [-0.25, -0.2) is 0 Å². The highest BCUT2D eigenvalue weighted by Gasteiger charge is 2.42. The highest BCUT2D eigenvalue weighted by molar-refractivity contribution is 8.14. The highest BCUT2D eigenvalue weighted by Crippen LogP contribution is 2.33. The lowest BCUT2D eigenvalue weighted by molar-refractivity contribution is -0.123. The molecule has 0 saturated carbocycles. The summed E-state index contributed by atoms with van der Waals surface area (Å²) in [6.07, 6.45) is 0.800. The highest BCUT2D eigenvalue weighted by atomic mass is 32.2. The third-order valence-corrected chi connectivity index (χ3v) is 8.67. The van der Waals surface area contributed by atoms with Gasteiger partial charge in [0, 0.05) is 44.0 Å². The van der Waals surface area contributed by atoms with Crippen molar-refractivity contribution in [3.05, 3.63) is 70.8 Å². The Bertz CT molecular complexity index is 1110. The van der Waals surface area contributed by atoms with E-state index in [1.165, 1.54) is 0 Å². The molecular formula is C28H34N4O3S. The van der Waals surface area contributed by atoms with Crippen LogP contribution in [0.1, 0.15) is 39.5 Å². The first-order valence-electron chi connectivity index (χ1n) is 12.8. The van der Waals surface area contributed by atoms with Crippen molar-refractivity contribution in [2.45, 2.75) is 32.4 Å². The van der Waals surface area contributed by atoms with Crippen LogP contribution in [0.15, 0.2) is 48.5 Å². The zero-order chi connectivity index (χ0) is 25.2. The van der Waals surface area contributed by atoms with Gasteiger partial charge >= 0.3 is 0 Å². The first-order valence-corrected chi connectivity index (χ1v) is 13.7. The van der Waals surface area contributed by atoms with Crippen molar-refractivity contribution in [1.29, 1.82) is 0 Å². The third-order valence-electron chi connectivity index (χ3n) is 7.79. The summed E-state index contributed by atoms with van der Waals surface area (Å²) in [5.74, 6) is 1.50. The molecule has 7 nitrogen and oxygen atoms in total. The van der Waals surface area contributed by atoms with Gasteiger partial charge in [0.25, 0.3) is 11.1 Å².